The lowest BCUT2D eigenvalue weighted by Gasteiger charge is -2.11. The number of sulfonamides is 1. The van der Waals surface area contributed by atoms with E-state index < -0.39 is 15.9 Å². The summed E-state index contributed by atoms with van der Waals surface area (Å²) >= 11 is 5.91. The van der Waals surface area contributed by atoms with Crippen molar-refractivity contribution in [1.82, 2.24) is 5.43 Å². The van der Waals surface area contributed by atoms with Gasteiger partial charge in [-0.1, -0.05) is 41.9 Å². The average molecular weight is 550 g/mol. The highest BCUT2D eigenvalue weighted by molar-refractivity contribution is 7.92. The van der Waals surface area contributed by atoms with Crippen LogP contribution in [0.3, 0.4) is 0 Å². The number of nitrogens with zero attached hydrogens (tertiary/aromatic N) is 1. The normalized spacial score (nSPS) is 11.2. The van der Waals surface area contributed by atoms with Gasteiger partial charge in [0.15, 0.2) is 11.5 Å². The van der Waals surface area contributed by atoms with Crippen LogP contribution in [0.1, 0.15) is 21.5 Å². The Kier molecular flexibility index (Phi) is 8.62. The Hall–Kier alpha value is -4.34. The van der Waals surface area contributed by atoms with Gasteiger partial charge < -0.3 is 9.47 Å². The van der Waals surface area contributed by atoms with Gasteiger partial charge >= 0.3 is 0 Å². The van der Waals surface area contributed by atoms with Gasteiger partial charge in [0.1, 0.15) is 6.61 Å². The van der Waals surface area contributed by atoms with Gasteiger partial charge in [-0.3, -0.25) is 9.52 Å². The number of nitrogens with one attached hydrogen (secondary N) is 2. The first-order valence-corrected chi connectivity index (χ1v) is 13.3. The maximum Gasteiger partial charge on any atom is 0.271 e. The van der Waals surface area contributed by atoms with Crippen molar-refractivity contribution in [3.05, 3.63) is 119 Å². The van der Waals surface area contributed by atoms with E-state index in [1.54, 1.807) is 48.5 Å². The molecule has 0 radical (unpaired) electrons. The fourth-order valence-corrected chi connectivity index (χ4v) is 4.56. The summed E-state index contributed by atoms with van der Waals surface area (Å²) in [5, 5.41) is 4.66. The second kappa shape index (κ2) is 12.3. The minimum Gasteiger partial charge on any atom is -0.493 e. The molecule has 0 heterocycles. The molecule has 0 spiro atoms. The molecule has 194 valence electrons. The van der Waals surface area contributed by atoms with E-state index in [1.165, 1.54) is 49.7 Å². The van der Waals surface area contributed by atoms with E-state index in [1.807, 2.05) is 12.1 Å². The summed E-state index contributed by atoms with van der Waals surface area (Å²) in [5.74, 6) is 0.628. The van der Waals surface area contributed by atoms with Crippen LogP contribution in [0.4, 0.5) is 5.69 Å². The molecule has 0 aliphatic carbocycles. The highest BCUT2D eigenvalue weighted by Crippen LogP contribution is 2.28. The number of halogens is 1. The molecular weight excluding hydrogens is 526 g/mol. The second-order valence-electron chi connectivity index (χ2n) is 8.02. The third-order valence-corrected chi connectivity index (χ3v) is 6.98. The molecule has 0 saturated heterocycles. The van der Waals surface area contributed by atoms with E-state index in [2.05, 4.69) is 15.2 Å². The van der Waals surface area contributed by atoms with Gasteiger partial charge in [-0.2, -0.15) is 5.10 Å². The molecule has 0 unspecified atom stereocenters. The molecule has 4 aromatic carbocycles. The van der Waals surface area contributed by atoms with E-state index in [-0.39, 0.29) is 4.90 Å². The highest BCUT2D eigenvalue weighted by Gasteiger charge is 2.14. The number of hydrogen-bond acceptors (Lipinski definition) is 6. The van der Waals surface area contributed by atoms with Crippen molar-refractivity contribution >= 4 is 39.4 Å². The summed E-state index contributed by atoms with van der Waals surface area (Å²) < 4.78 is 38.6. The van der Waals surface area contributed by atoms with E-state index in [9.17, 15) is 13.2 Å². The minimum atomic E-state index is -3.72. The van der Waals surface area contributed by atoms with Crippen LogP contribution < -0.4 is 19.6 Å². The average Bonchev–Trinajstić information content (AvgIpc) is 2.93. The van der Waals surface area contributed by atoms with Crippen molar-refractivity contribution < 1.29 is 22.7 Å². The number of hydrazone groups is 1. The maximum absolute atomic E-state index is 12.5. The van der Waals surface area contributed by atoms with E-state index in [0.717, 1.165) is 5.56 Å². The molecule has 0 atom stereocenters. The third kappa shape index (κ3) is 7.12. The van der Waals surface area contributed by atoms with Crippen LogP contribution in [0.2, 0.25) is 5.02 Å². The van der Waals surface area contributed by atoms with Crippen LogP contribution in [0.15, 0.2) is 107 Å². The summed E-state index contributed by atoms with van der Waals surface area (Å²) in [6, 6.07) is 26.7. The van der Waals surface area contributed by atoms with Gasteiger partial charge in [-0.05, 0) is 77.9 Å². The van der Waals surface area contributed by atoms with Crippen LogP contribution >= 0.6 is 11.6 Å². The number of hydrogen-bond donors (Lipinski definition) is 2. The van der Waals surface area contributed by atoms with Crippen molar-refractivity contribution in [2.75, 3.05) is 11.8 Å². The van der Waals surface area contributed by atoms with Crippen LogP contribution in [0, 0.1) is 0 Å². The van der Waals surface area contributed by atoms with Gasteiger partial charge in [-0.15, -0.1) is 0 Å². The molecule has 38 heavy (non-hydrogen) atoms. The van der Waals surface area contributed by atoms with E-state index in [4.69, 9.17) is 21.1 Å². The fraction of sp³-hybridized carbons (Fsp3) is 0.0714. The van der Waals surface area contributed by atoms with Crippen LogP contribution in [-0.2, 0) is 16.6 Å². The molecule has 0 fully saturated rings. The molecule has 0 saturated carbocycles. The van der Waals surface area contributed by atoms with Crippen molar-refractivity contribution in [3.8, 4) is 11.5 Å². The minimum absolute atomic E-state index is 0.147. The number of rotatable bonds is 10. The number of methoxy groups -OCH3 is 1. The molecule has 0 aliphatic heterocycles. The first-order chi connectivity index (χ1) is 18.3. The summed E-state index contributed by atoms with van der Waals surface area (Å²) in [4.78, 5) is 12.6. The number of ether oxygens (including phenoxy) is 2. The van der Waals surface area contributed by atoms with Crippen LogP contribution in [-0.4, -0.2) is 27.6 Å². The van der Waals surface area contributed by atoms with Gasteiger partial charge in [0.25, 0.3) is 15.9 Å². The molecular formula is C28H24ClN3O5S. The Balaban J connectivity index is 1.33. The zero-order valence-corrected chi connectivity index (χ0v) is 21.9. The lowest BCUT2D eigenvalue weighted by Crippen LogP contribution is -2.18. The van der Waals surface area contributed by atoms with Crippen molar-refractivity contribution in [2.24, 2.45) is 5.10 Å². The second-order valence-corrected chi connectivity index (χ2v) is 10.1. The number of anilines is 1. The summed E-state index contributed by atoms with van der Waals surface area (Å²) in [6.45, 7) is 0.351. The number of carbonyl (C=O) groups is 1. The monoisotopic (exact) mass is 549 g/mol. The Morgan fingerprint density at radius 2 is 1.63 bits per heavy atom. The van der Waals surface area contributed by atoms with Gasteiger partial charge in [0, 0.05) is 16.3 Å². The van der Waals surface area contributed by atoms with Gasteiger partial charge in [0.2, 0.25) is 0 Å². The summed E-state index contributed by atoms with van der Waals surface area (Å²) in [6.07, 6.45) is 1.48. The van der Waals surface area contributed by atoms with Gasteiger partial charge in [0.05, 0.1) is 18.2 Å². The Labute approximate surface area is 225 Å². The molecule has 0 aliphatic rings. The zero-order chi connectivity index (χ0) is 27.0. The first kappa shape index (κ1) is 26.7. The maximum atomic E-state index is 12.5. The summed E-state index contributed by atoms with van der Waals surface area (Å²) in [5.41, 5.74) is 4.75. The Morgan fingerprint density at radius 3 is 2.32 bits per heavy atom. The lowest BCUT2D eigenvalue weighted by atomic mass is 10.2. The fourth-order valence-electron chi connectivity index (χ4n) is 3.36. The molecule has 1 amide bonds. The standard InChI is InChI=1S/C28H24ClN3O5S/c1-36-27-17-21(9-16-26(27)37-19-20-7-12-23(29)13-8-20)18-30-31-28(33)22-10-14-24(15-11-22)32-38(34,35)25-5-3-2-4-6-25/h2-18,32H,19H2,1H3,(H,31,33)/b30-18+. The quantitative estimate of drug-likeness (QED) is 0.201. The molecule has 8 nitrogen and oxygen atoms in total. The van der Waals surface area contributed by atoms with Crippen LogP contribution in [0.25, 0.3) is 0 Å². The number of carbonyl (C=O) groups excluding carboxylic acids is 1. The molecule has 4 rings (SSSR count). The van der Waals surface area contributed by atoms with Crippen molar-refractivity contribution in [2.45, 2.75) is 11.5 Å². The Morgan fingerprint density at radius 1 is 0.921 bits per heavy atom. The lowest BCUT2D eigenvalue weighted by molar-refractivity contribution is 0.0955. The Bertz CT molecular complexity index is 1530. The first-order valence-electron chi connectivity index (χ1n) is 11.4. The molecule has 10 heteroatoms. The molecule has 0 bridgehead atoms. The van der Waals surface area contributed by atoms with E-state index >= 15 is 0 Å². The predicted octanol–water partition coefficient (Wildman–Crippen LogP) is 5.49. The zero-order valence-electron chi connectivity index (χ0n) is 20.3. The molecule has 4 aromatic rings. The summed E-state index contributed by atoms with van der Waals surface area (Å²) in [7, 11) is -2.18. The number of benzene rings is 4. The topological polar surface area (TPSA) is 106 Å². The third-order valence-electron chi connectivity index (χ3n) is 5.33. The van der Waals surface area contributed by atoms with Gasteiger partial charge in [-0.25, -0.2) is 13.8 Å². The molecule has 2 N–H and O–H groups in total. The van der Waals surface area contributed by atoms with Crippen molar-refractivity contribution in [1.29, 1.82) is 0 Å². The molecule has 0 aromatic heterocycles. The SMILES string of the molecule is COc1cc(/C=N/NC(=O)c2ccc(NS(=O)(=O)c3ccccc3)cc2)ccc1OCc1ccc(Cl)cc1. The number of amides is 1. The van der Waals surface area contributed by atoms with E-state index in [0.29, 0.717) is 39.9 Å². The van der Waals surface area contributed by atoms with Crippen LogP contribution in [0.5, 0.6) is 11.5 Å². The van der Waals surface area contributed by atoms with Crippen molar-refractivity contribution in [3.63, 3.8) is 0 Å². The smallest absolute Gasteiger partial charge is 0.271 e. The highest BCUT2D eigenvalue weighted by atomic mass is 35.5. The largest absolute Gasteiger partial charge is 0.493 e. The predicted molar refractivity (Wildman–Crippen MR) is 148 cm³/mol.